The third kappa shape index (κ3) is 4.07. The number of aromatic nitrogens is 1. The summed E-state index contributed by atoms with van der Waals surface area (Å²) in [5.41, 5.74) is 3.44. The lowest BCUT2D eigenvalue weighted by atomic mass is 10.2. The van der Waals surface area contributed by atoms with Gasteiger partial charge in [0.2, 0.25) is 5.88 Å². The first-order chi connectivity index (χ1) is 9.71. The predicted molar refractivity (Wildman–Crippen MR) is 82.2 cm³/mol. The van der Waals surface area contributed by atoms with Crippen LogP contribution >= 0.6 is 0 Å². The number of hydrogen-bond acceptors (Lipinski definition) is 3. The van der Waals surface area contributed by atoms with Gasteiger partial charge in [-0.1, -0.05) is 26.0 Å². The summed E-state index contributed by atoms with van der Waals surface area (Å²) in [6.07, 6.45) is 1.00. The molecule has 0 atom stereocenters. The molecule has 1 aromatic heterocycles. The summed E-state index contributed by atoms with van der Waals surface area (Å²) in [5, 5.41) is 3.32. The third-order valence-electron chi connectivity index (χ3n) is 3.10. The molecule has 0 aliphatic heterocycles. The Morgan fingerprint density at radius 3 is 2.70 bits per heavy atom. The number of rotatable bonds is 6. The molecule has 0 saturated heterocycles. The zero-order chi connectivity index (χ0) is 14.4. The molecule has 2 aromatic rings. The fourth-order valence-corrected chi connectivity index (χ4v) is 2.08. The van der Waals surface area contributed by atoms with Crippen LogP contribution in [0.5, 0.6) is 11.6 Å². The number of nitrogens with one attached hydrogen (secondary N) is 1. The van der Waals surface area contributed by atoms with E-state index in [9.17, 15) is 0 Å². The Balaban J connectivity index is 2.17. The van der Waals surface area contributed by atoms with Crippen LogP contribution in [-0.2, 0) is 13.0 Å². The Morgan fingerprint density at radius 1 is 1.10 bits per heavy atom. The van der Waals surface area contributed by atoms with Gasteiger partial charge in [0.15, 0.2) is 0 Å². The molecule has 0 amide bonds. The Morgan fingerprint density at radius 2 is 1.95 bits per heavy atom. The second-order valence-electron chi connectivity index (χ2n) is 4.84. The molecule has 1 heterocycles. The van der Waals surface area contributed by atoms with Crippen LogP contribution in [0.3, 0.4) is 0 Å². The topological polar surface area (TPSA) is 34.2 Å². The minimum atomic E-state index is 0.658. The Bertz CT molecular complexity index is 567. The standard InChI is InChI=1S/C17H22N2O/c1-4-14-7-6-8-16(10-14)20-17-11-15(12-18-5-2)9-13(3)19-17/h6-11,18H,4-5,12H2,1-3H3. The maximum atomic E-state index is 5.88. The zero-order valence-corrected chi connectivity index (χ0v) is 12.4. The second-order valence-corrected chi connectivity index (χ2v) is 4.84. The average Bonchev–Trinajstić information content (AvgIpc) is 2.44. The van der Waals surface area contributed by atoms with Crippen molar-refractivity contribution in [3.8, 4) is 11.6 Å². The summed E-state index contributed by atoms with van der Waals surface area (Å²) >= 11 is 0. The van der Waals surface area contributed by atoms with Gasteiger partial charge in [0.1, 0.15) is 5.75 Å². The van der Waals surface area contributed by atoms with Gasteiger partial charge in [-0.25, -0.2) is 4.98 Å². The highest BCUT2D eigenvalue weighted by molar-refractivity contribution is 5.33. The third-order valence-corrected chi connectivity index (χ3v) is 3.10. The molecule has 0 fully saturated rings. The van der Waals surface area contributed by atoms with E-state index < -0.39 is 0 Å². The average molecular weight is 270 g/mol. The summed E-state index contributed by atoms with van der Waals surface area (Å²) in [5.74, 6) is 1.50. The monoisotopic (exact) mass is 270 g/mol. The van der Waals surface area contributed by atoms with Crippen molar-refractivity contribution in [1.82, 2.24) is 10.3 Å². The molecule has 1 aromatic carbocycles. The molecule has 0 bridgehead atoms. The van der Waals surface area contributed by atoms with Crippen molar-refractivity contribution in [2.24, 2.45) is 0 Å². The van der Waals surface area contributed by atoms with Gasteiger partial charge in [-0.3, -0.25) is 0 Å². The highest BCUT2D eigenvalue weighted by Gasteiger charge is 2.03. The molecule has 3 nitrogen and oxygen atoms in total. The maximum absolute atomic E-state index is 5.88. The molecule has 2 rings (SSSR count). The lowest BCUT2D eigenvalue weighted by Crippen LogP contribution is -2.12. The van der Waals surface area contributed by atoms with Gasteiger partial charge < -0.3 is 10.1 Å². The van der Waals surface area contributed by atoms with E-state index in [-0.39, 0.29) is 0 Å². The van der Waals surface area contributed by atoms with Crippen molar-refractivity contribution in [1.29, 1.82) is 0 Å². The van der Waals surface area contributed by atoms with E-state index in [1.54, 1.807) is 0 Å². The summed E-state index contributed by atoms with van der Waals surface area (Å²) in [4.78, 5) is 4.44. The van der Waals surface area contributed by atoms with Gasteiger partial charge in [0, 0.05) is 18.3 Å². The van der Waals surface area contributed by atoms with E-state index in [4.69, 9.17) is 4.74 Å². The van der Waals surface area contributed by atoms with Crippen LogP contribution < -0.4 is 10.1 Å². The van der Waals surface area contributed by atoms with Crippen LogP contribution in [0, 0.1) is 6.92 Å². The first kappa shape index (κ1) is 14.5. The van der Waals surface area contributed by atoms with Crippen LogP contribution in [0.15, 0.2) is 36.4 Å². The Hall–Kier alpha value is -1.87. The zero-order valence-electron chi connectivity index (χ0n) is 12.4. The Kier molecular flexibility index (Phi) is 5.13. The summed E-state index contributed by atoms with van der Waals surface area (Å²) < 4.78 is 5.88. The van der Waals surface area contributed by atoms with Gasteiger partial charge in [0.25, 0.3) is 0 Å². The van der Waals surface area contributed by atoms with Crippen LogP contribution in [-0.4, -0.2) is 11.5 Å². The van der Waals surface area contributed by atoms with Crippen LogP contribution in [0.4, 0.5) is 0 Å². The summed E-state index contributed by atoms with van der Waals surface area (Å²) in [7, 11) is 0. The van der Waals surface area contributed by atoms with Crippen LogP contribution in [0.1, 0.15) is 30.7 Å². The first-order valence-electron chi connectivity index (χ1n) is 7.16. The largest absolute Gasteiger partial charge is 0.439 e. The highest BCUT2D eigenvalue weighted by atomic mass is 16.5. The van der Waals surface area contributed by atoms with Crippen molar-refractivity contribution in [2.75, 3.05) is 6.54 Å². The lowest BCUT2D eigenvalue weighted by molar-refractivity contribution is 0.460. The van der Waals surface area contributed by atoms with Crippen molar-refractivity contribution in [3.63, 3.8) is 0 Å². The van der Waals surface area contributed by atoms with E-state index >= 15 is 0 Å². The molecule has 1 N–H and O–H groups in total. The quantitative estimate of drug-likeness (QED) is 0.865. The first-order valence-corrected chi connectivity index (χ1v) is 7.16. The molecule has 0 aliphatic rings. The van der Waals surface area contributed by atoms with Crippen LogP contribution in [0.25, 0.3) is 0 Å². The maximum Gasteiger partial charge on any atom is 0.219 e. The number of pyridine rings is 1. The summed E-state index contributed by atoms with van der Waals surface area (Å²) in [6, 6.07) is 12.2. The normalized spacial score (nSPS) is 10.6. The molecule has 0 spiro atoms. The molecule has 20 heavy (non-hydrogen) atoms. The van der Waals surface area contributed by atoms with E-state index in [1.165, 1.54) is 11.1 Å². The van der Waals surface area contributed by atoms with Crippen molar-refractivity contribution < 1.29 is 4.74 Å². The van der Waals surface area contributed by atoms with Gasteiger partial charge in [-0.15, -0.1) is 0 Å². The molecular weight excluding hydrogens is 248 g/mol. The summed E-state index contributed by atoms with van der Waals surface area (Å²) in [6.45, 7) is 8.02. The van der Waals surface area contributed by atoms with Crippen molar-refractivity contribution in [3.05, 3.63) is 53.2 Å². The minimum Gasteiger partial charge on any atom is -0.439 e. The predicted octanol–water partition coefficient (Wildman–Crippen LogP) is 3.85. The highest BCUT2D eigenvalue weighted by Crippen LogP contribution is 2.22. The number of aryl methyl sites for hydroxylation is 2. The molecule has 0 radical (unpaired) electrons. The molecule has 106 valence electrons. The molecule has 0 unspecified atom stereocenters. The molecule has 0 saturated carbocycles. The second kappa shape index (κ2) is 7.06. The van der Waals surface area contributed by atoms with Crippen molar-refractivity contribution in [2.45, 2.75) is 33.7 Å². The number of nitrogens with zero attached hydrogens (tertiary/aromatic N) is 1. The molecule has 3 heteroatoms. The molecule has 0 aliphatic carbocycles. The van der Waals surface area contributed by atoms with Crippen LogP contribution in [0.2, 0.25) is 0 Å². The minimum absolute atomic E-state index is 0.658. The van der Waals surface area contributed by atoms with E-state index in [0.29, 0.717) is 5.88 Å². The van der Waals surface area contributed by atoms with E-state index in [2.05, 4.69) is 42.3 Å². The van der Waals surface area contributed by atoms with E-state index in [0.717, 1.165) is 31.0 Å². The number of ether oxygens (including phenoxy) is 1. The van der Waals surface area contributed by atoms with Gasteiger partial charge >= 0.3 is 0 Å². The number of benzene rings is 1. The lowest BCUT2D eigenvalue weighted by Gasteiger charge is -2.09. The smallest absolute Gasteiger partial charge is 0.219 e. The van der Waals surface area contributed by atoms with Crippen molar-refractivity contribution >= 4 is 0 Å². The van der Waals surface area contributed by atoms with Gasteiger partial charge in [0.05, 0.1) is 0 Å². The fourth-order valence-electron chi connectivity index (χ4n) is 2.08. The van der Waals surface area contributed by atoms with Gasteiger partial charge in [-0.05, 0) is 49.2 Å². The SMILES string of the molecule is CCNCc1cc(C)nc(Oc2cccc(CC)c2)c1. The number of hydrogen-bond donors (Lipinski definition) is 1. The molecular formula is C17H22N2O. The Labute approximate surface area is 121 Å². The van der Waals surface area contributed by atoms with Gasteiger partial charge in [-0.2, -0.15) is 0 Å². The fraction of sp³-hybridized carbons (Fsp3) is 0.353. The van der Waals surface area contributed by atoms with E-state index in [1.807, 2.05) is 25.1 Å².